The van der Waals surface area contributed by atoms with Crippen molar-refractivity contribution >= 4 is 45.6 Å². The molecule has 21 heavy (non-hydrogen) atoms. The number of hydrogen-bond donors (Lipinski definition) is 1. The molecule has 5 heteroatoms. The van der Waals surface area contributed by atoms with E-state index in [9.17, 15) is 5.26 Å². The summed E-state index contributed by atoms with van der Waals surface area (Å²) in [6.07, 6.45) is 0. The molecule has 0 aliphatic heterocycles. The number of nitrogens with one attached hydrogen (secondary N) is 1. The molecule has 0 fully saturated rings. The highest BCUT2D eigenvalue weighted by Gasteiger charge is 2.07. The predicted octanol–water partition coefficient (Wildman–Crippen LogP) is 5.16. The lowest BCUT2D eigenvalue weighted by atomic mass is 10.1. The normalized spacial score (nSPS) is 10.3. The number of hydrogen-bond acceptors (Lipinski definition) is 3. The van der Waals surface area contributed by atoms with E-state index in [1.165, 1.54) is 0 Å². The van der Waals surface area contributed by atoms with Crippen LogP contribution in [0.3, 0.4) is 0 Å². The summed E-state index contributed by atoms with van der Waals surface area (Å²) in [5, 5.41) is 14.3. The molecule has 1 heterocycles. The van der Waals surface area contributed by atoms with Gasteiger partial charge in [-0.25, -0.2) is 4.98 Å². The van der Waals surface area contributed by atoms with Crippen LogP contribution in [0.2, 0.25) is 10.0 Å². The van der Waals surface area contributed by atoms with Crippen LogP contribution >= 0.6 is 23.2 Å². The Morgan fingerprint density at radius 3 is 2.62 bits per heavy atom. The van der Waals surface area contributed by atoms with Crippen LogP contribution in [0.25, 0.3) is 10.9 Å². The Kier molecular flexibility index (Phi) is 3.66. The van der Waals surface area contributed by atoms with Crippen LogP contribution in [0.1, 0.15) is 5.56 Å². The minimum Gasteiger partial charge on any atom is -0.339 e. The van der Waals surface area contributed by atoms with Gasteiger partial charge in [0, 0.05) is 10.4 Å². The first kappa shape index (κ1) is 13.7. The van der Waals surface area contributed by atoms with E-state index in [0.29, 0.717) is 27.1 Å². The van der Waals surface area contributed by atoms with Gasteiger partial charge >= 0.3 is 0 Å². The van der Waals surface area contributed by atoms with Gasteiger partial charge in [0.15, 0.2) is 0 Å². The molecule has 0 radical (unpaired) electrons. The van der Waals surface area contributed by atoms with E-state index in [1.807, 2.05) is 24.3 Å². The molecule has 3 aromatic rings. The number of pyridine rings is 1. The maximum Gasteiger partial charge on any atom is 0.132 e. The Hall–Kier alpha value is -2.28. The van der Waals surface area contributed by atoms with Crippen molar-refractivity contribution in [2.45, 2.75) is 0 Å². The van der Waals surface area contributed by atoms with E-state index in [2.05, 4.69) is 16.4 Å². The number of para-hydroxylation sites is 1. The van der Waals surface area contributed by atoms with Crippen molar-refractivity contribution in [3.8, 4) is 6.07 Å². The predicted molar refractivity (Wildman–Crippen MR) is 86.2 cm³/mol. The zero-order valence-electron chi connectivity index (χ0n) is 10.8. The Morgan fingerprint density at radius 2 is 1.86 bits per heavy atom. The fourth-order valence-corrected chi connectivity index (χ4v) is 2.52. The van der Waals surface area contributed by atoms with Crippen LogP contribution in [0.4, 0.5) is 11.5 Å². The van der Waals surface area contributed by atoms with Gasteiger partial charge in [-0.3, -0.25) is 0 Å². The van der Waals surface area contributed by atoms with Gasteiger partial charge in [0.25, 0.3) is 0 Å². The highest BCUT2D eigenvalue weighted by molar-refractivity contribution is 6.36. The van der Waals surface area contributed by atoms with E-state index in [0.717, 1.165) is 10.9 Å². The zero-order valence-corrected chi connectivity index (χ0v) is 12.3. The van der Waals surface area contributed by atoms with E-state index in [1.54, 1.807) is 24.3 Å². The van der Waals surface area contributed by atoms with E-state index >= 15 is 0 Å². The molecule has 0 spiro atoms. The first-order chi connectivity index (χ1) is 10.2. The molecule has 3 nitrogen and oxygen atoms in total. The molecule has 1 N–H and O–H groups in total. The minimum atomic E-state index is 0.496. The number of aromatic nitrogens is 1. The molecule has 0 unspecified atom stereocenters. The molecular formula is C16H9Cl2N3. The lowest BCUT2D eigenvalue weighted by molar-refractivity contribution is 1.36. The summed E-state index contributed by atoms with van der Waals surface area (Å²) in [6.45, 7) is 0. The topological polar surface area (TPSA) is 48.7 Å². The van der Waals surface area contributed by atoms with Gasteiger partial charge < -0.3 is 5.32 Å². The Morgan fingerprint density at radius 1 is 1.05 bits per heavy atom. The third-order valence-electron chi connectivity index (χ3n) is 3.03. The largest absolute Gasteiger partial charge is 0.339 e. The molecule has 2 aromatic carbocycles. The van der Waals surface area contributed by atoms with Crippen LogP contribution in [0.5, 0.6) is 0 Å². The molecule has 0 bridgehead atoms. The van der Waals surface area contributed by atoms with E-state index in [-0.39, 0.29) is 0 Å². The van der Waals surface area contributed by atoms with E-state index < -0.39 is 0 Å². The molecule has 0 amide bonds. The monoisotopic (exact) mass is 313 g/mol. The number of anilines is 2. The average Bonchev–Trinajstić information content (AvgIpc) is 2.49. The van der Waals surface area contributed by atoms with Crippen molar-refractivity contribution in [3.63, 3.8) is 0 Å². The maximum atomic E-state index is 9.27. The molecule has 0 aliphatic carbocycles. The summed E-state index contributed by atoms with van der Waals surface area (Å²) in [5.74, 6) is 0.564. The highest BCUT2D eigenvalue weighted by atomic mass is 35.5. The van der Waals surface area contributed by atoms with Gasteiger partial charge in [-0.2, -0.15) is 5.26 Å². The van der Waals surface area contributed by atoms with Gasteiger partial charge in [0.1, 0.15) is 5.82 Å². The second-order valence-electron chi connectivity index (χ2n) is 4.43. The average molecular weight is 314 g/mol. The second-order valence-corrected chi connectivity index (χ2v) is 5.28. The molecule has 102 valence electrons. The van der Waals surface area contributed by atoms with Crippen LogP contribution < -0.4 is 5.32 Å². The van der Waals surface area contributed by atoms with Gasteiger partial charge in [0.05, 0.1) is 27.9 Å². The number of fused-ring (bicyclic) bond motifs is 1. The first-order valence-corrected chi connectivity index (χ1v) is 6.95. The Bertz CT molecular complexity index is 869. The summed E-state index contributed by atoms with van der Waals surface area (Å²) in [5.41, 5.74) is 2.00. The quantitative estimate of drug-likeness (QED) is 0.711. The smallest absolute Gasteiger partial charge is 0.132 e. The number of halogens is 2. The Balaban J connectivity index is 2.07. The van der Waals surface area contributed by atoms with Gasteiger partial charge in [0.2, 0.25) is 0 Å². The van der Waals surface area contributed by atoms with Gasteiger partial charge in [-0.1, -0.05) is 41.4 Å². The lowest BCUT2D eigenvalue weighted by Crippen LogP contribution is -1.96. The zero-order chi connectivity index (χ0) is 14.8. The minimum absolute atomic E-state index is 0.496. The molecular weight excluding hydrogens is 305 g/mol. The van der Waals surface area contributed by atoms with Gasteiger partial charge in [-0.15, -0.1) is 0 Å². The molecule has 0 atom stereocenters. The van der Waals surface area contributed by atoms with E-state index in [4.69, 9.17) is 23.2 Å². The summed E-state index contributed by atoms with van der Waals surface area (Å²) >= 11 is 12.0. The number of rotatable bonds is 2. The standard InChI is InChI=1S/C16H9Cl2N3/c17-11-5-6-15(13(18)8-11)21-16-7-10(9-19)12-3-1-2-4-14(12)20-16/h1-8H,(H,20,21). The fourth-order valence-electron chi connectivity index (χ4n) is 2.06. The molecule has 0 saturated heterocycles. The molecule has 0 aliphatic rings. The summed E-state index contributed by atoms with van der Waals surface area (Å²) in [4.78, 5) is 4.49. The van der Waals surface area contributed by atoms with Crippen molar-refractivity contribution in [3.05, 3.63) is 64.1 Å². The van der Waals surface area contributed by atoms with Gasteiger partial charge in [-0.05, 0) is 30.3 Å². The van der Waals surface area contributed by atoms with Crippen molar-refractivity contribution in [1.82, 2.24) is 4.98 Å². The summed E-state index contributed by atoms with van der Waals surface area (Å²) in [7, 11) is 0. The maximum absolute atomic E-state index is 9.27. The van der Waals surface area contributed by atoms with Crippen molar-refractivity contribution in [2.75, 3.05) is 5.32 Å². The van der Waals surface area contributed by atoms with Crippen molar-refractivity contribution in [1.29, 1.82) is 5.26 Å². The molecule has 0 saturated carbocycles. The van der Waals surface area contributed by atoms with Crippen LogP contribution in [-0.2, 0) is 0 Å². The Labute approximate surface area is 131 Å². The number of nitrogens with zero attached hydrogens (tertiary/aromatic N) is 2. The summed E-state index contributed by atoms with van der Waals surface area (Å²) < 4.78 is 0. The third kappa shape index (κ3) is 2.78. The number of benzene rings is 2. The van der Waals surface area contributed by atoms with Crippen molar-refractivity contribution < 1.29 is 0 Å². The second kappa shape index (κ2) is 5.61. The fraction of sp³-hybridized carbons (Fsp3) is 0. The van der Waals surface area contributed by atoms with Crippen molar-refractivity contribution in [2.24, 2.45) is 0 Å². The van der Waals surface area contributed by atoms with Crippen LogP contribution in [0, 0.1) is 11.3 Å². The summed E-state index contributed by atoms with van der Waals surface area (Å²) in [6, 6.07) is 16.6. The van der Waals surface area contributed by atoms with Crippen LogP contribution in [0.15, 0.2) is 48.5 Å². The SMILES string of the molecule is N#Cc1cc(Nc2ccc(Cl)cc2Cl)nc2ccccc12. The molecule has 1 aromatic heterocycles. The van der Waals surface area contributed by atoms with Crippen LogP contribution in [-0.4, -0.2) is 4.98 Å². The third-order valence-corrected chi connectivity index (χ3v) is 3.58. The highest BCUT2D eigenvalue weighted by Crippen LogP contribution is 2.29. The molecule has 3 rings (SSSR count). The first-order valence-electron chi connectivity index (χ1n) is 6.19. The number of nitriles is 1. The lowest BCUT2D eigenvalue weighted by Gasteiger charge is -2.09.